The van der Waals surface area contributed by atoms with E-state index in [0.717, 1.165) is 5.56 Å². The van der Waals surface area contributed by atoms with Crippen molar-refractivity contribution >= 4 is 11.8 Å². The number of carbonyl (C=O) groups excluding carboxylic acids is 2. The van der Waals surface area contributed by atoms with Crippen LogP contribution in [0.2, 0.25) is 0 Å². The van der Waals surface area contributed by atoms with Gasteiger partial charge in [-0.3, -0.25) is 14.5 Å². The summed E-state index contributed by atoms with van der Waals surface area (Å²) in [5.41, 5.74) is 1.97. The molecule has 4 heteroatoms. The van der Waals surface area contributed by atoms with E-state index in [1.807, 2.05) is 30.3 Å². The Bertz CT molecular complexity index is 719. The predicted molar refractivity (Wildman–Crippen MR) is 91.6 cm³/mol. The van der Waals surface area contributed by atoms with E-state index in [9.17, 15) is 9.59 Å². The molecule has 3 rings (SSSR count). The van der Waals surface area contributed by atoms with Crippen molar-refractivity contribution in [3.05, 3.63) is 83.9 Å². The monoisotopic (exact) mass is 321 g/mol. The Balaban J connectivity index is 1.69. The summed E-state index contributed by atoms with van der Waals surface area (Å²) >= 11 is 0. The van der Waals surface area contributed by atoms with E-state index in [2.05, 4.69) is 6.58 Å². The van der Waals surface area contributed by atoms with Crippen LogP contribution in [-0.4, -0.2) is 29.4 Å². The quantitative estimate of drug-likeness (QED) is 0.580. The molecule has 0 spiro atoms. The van der Waals surface area contributed by atoms with E-state index in [0.29, 0.717) is 24.2 Å². The van der Waals surface area contributed by atoms with Gasteiger partial charge in [-0.1, -0.05) is 48.5 Å². The summed E-state index contributed by atoms with van der Waals surface area (Å²) in [5, 5.41) is 0. The first-order valence-electron chi connectivity index (χ1n) is 7.92. The second kappa shape index (κ2) is 7.23. The van der Waals surface area contributed by atoms with E-state index >= 15 is 0 Å². The highest BCUT2D eigenvalue weighted by Gasteiger charge is 2.36. The highest BCUT2D eigenvalue weighted by Crippen LogP contribution is 2.23. The molecular weight excluding hydrogens is 302 g/mol. The number of carbonyl (C=O) groups is 2. The van der Waals surface area contributed by atoms with Gasteiger partial charge in [0.25, 0.3) is 11.8 Å². The van der Waals surface area contributed by atoms with E-state index in [4.69, 9.17) is 4.74 Å². The average Bonchev–Trinajstić information content (AvgIpc) is 2.86. The van der Waals surface area contributed by atoms with Gasteiger partial charge in [-0.05, 0) is 24.1 Å². The molecule has 0 fully saturated rings. The van der Waals surface area contributed by atoms with Crippen molar-refractivity contribution in [2.75, 3.05) is 6.54 Å². The largest absolute Gasteiger partial charge is 0.371 e. The van der Waals surface area contributed by atoms with Gasteiger partial charge >= 0.3 is 0 Å². The van der Waals surface area contributed by atoms with Gasteiger partial charge in [0.05, 0.1) is 30.4 Å². The molecule has 0 aliphatic carbocycles. The van der Waals surface area contributed by atoms with Crippen LogP contribution in [0.1, 0.15) is 32.7 Å². The van der Waals surface area contributed by atoms with E-state index in [-0.39, 0.29) is 24.5 Å². The maximum Gasteiger partial charge on any atom is 0.261 e. The molecule has 0 saturated carbocycles. The van der Waals surface area contributed by atoms with Crippen molar-refractivity contribution in [1.29, 1.82) is 0 Å². The van der Waals surface area contributed by atoms with Crippen LogP contribution < -0.4 is 0 Å². The van der Waals surface area contributed by atoms with Crippen molar-refractivity contribution in [3.8, 4) is 0 Å². The van der Waals surface area contributed by atoms with Crippen LogP contribution in [0.3, 0.4) is 0 Å². The molecule has 1 atom stereocenters. The molecule has 24 heavy (non-hydrogen) atoms. The van der Waals surface area contributed by atoms with Gasteiger partial charge in [-0.15, -0.1) is 6.58 Å². The molecule has 0 aromatic heterocycles. The fourth-order valence-corrected chi connectivity index (χ4v) is 2.78. The number of fused-ring (bicyclic) bond motifs is 1. The number of nitrogens with zero attached hydrogens (tertiary/aromatic N) is 1. The molecule has 1 aliphatic heterocycles. The number of rotatable bonds is 7. The Morgan fingerprint density at radius 2 is 1.54 bits per heavy atom. The molecule has 2 aromatic rings. The third-order valence-electron chi connectivity index (χ3n) is 4.02. The lowest BCUT2D eigenvalue weighted by Gasteiger charge is -2.22. The minimum absolute atomic E-state index is 0.227. The zero-order chi connectivity index (χ0) is 16.9. The number of imide groups is 1. The Kier molecular flexibility index (Phi) is 4.87. The maximum atomic E-state index is 12.4. The molecule has 0 N–H and O–H groups in total. The van der Waals surface area contributed by atoms with Crippen molar-refractivity contribution in [2.24, 2.45) is 0 Å². The Morgan fingerprint density at radius 3 is 2.12 bits per heavy atom. The molecule has 0 radical (unpaired) electrons. The second-order valence-electron chi connectivity index (χ2n) is 5.71. The number of hydrogen-bond acceptors (Lipinski definition) is 3. The molecule has 1 aliphatic rings. The van der Waals surface area contributed by atoms with Crippen molar-refractivity contribution in [1.82, 2.24) is 4.90 Å². The SMILES string of the molecule is C=CCC(CN1C(=O)c2ccccc2C1=O)OCc1ccccc1. The van der Waals surface area contributed by atoms with Crippen LogP contribution >= 0.6 is 0 Å². The maximum absolute atomic E-state index is 12.4. The first-order valence-corrected chi connectivity index (χ1v) is 7.92. The smallest absolute Gasteiger partial charge is 0.261 e. The molecule has 2 aromatic carbocycles. The minimum Gasteiger partial charge on any atom is -0.371 e. The zero-order valence-electron chi connectivity index (χ0n) is 13.4. The standard InChI is InChI=1S/C20H19NO3/c1-2-8-16(24-14-15-9-4-3-5-10-15)13-21-19(22)17-11-6-7-12-18(17)20(21)23/h2-7,9-12,16H,1,8,13-14H2. The summed E-state index contributed by atoms with van der Waals surface area (Å²) in [6.45, 7) is 4.40. The van der Waals surface area contributed by atoms with Crippen LogP contribution in [-0.2, 0) is 11.3 Å². The van der Waals surface area contributed by atoms with Gasteiger partial charge < -0.3 is 4.74 Å². The van der Waals surface area contributed by atoms with Crippen LogP contribution in [0.4, 0.5) is 0 Å². The van der Waals surface area contributed by atoms with Crippen molar-refractivity contribution in [2.45, 2.75) is 19.1 Å². The van der Waals surface area contributed by atoms with Gasteiger partial charge in [0, 0.05) is 0 Å². The lowest BCUT2D eigenvalue weighted by Crippen LogP contribution is -2.37. The molecule has 0 bridgehead atoms. The molecule has 2 amide bonds. The number of hydrogen-bond donors (Lipinski definition) is 0. The lowest BCUT2D eigenvalue weighted by atomic mass is 10.1. The van der Waals surface area contributed by atoms with E-state index < -0.39 is 0 Å². The van der Waals surface area contributed by atoms with Crippen LogP contribution in [0.5, 0.6) is 0 Å². The summed E-state index contributed by atoms with van der Waals surface area (Å²) < 4.78 is 5.91. The highest BCUT2D eigenvalue weighted by atomic mass is 16.5. The average molecular weight is 321 g/mol. The lowest BCUT2D eigenvalue weighted by molar-refractivity contribution is 0.0179. The van der Waals surface area contributed by atoms with E-state index in [1.54, 1.807) is 30.3 Å². The second-order valence-corrected chi connectivity index (χ2v) is 5.71. The first-order chi connectivity index (χ1) is 11.7. The Hall–Kier alpha value is -2.72. The topological polar surface area (TPSA) is 46.6 Å². The normalized spacial score (nSPS) is 14.6. The van der Waals surface area contributed by atoms with Crippen LogP contribution in [0.25, 0.3) is 0 Å². The zero-order valence-corrected chi connectivity index (χ0v) is 13.4. The summed E-state index contributed by atoms with van der Waals surface area (Å²) in [4.78, 5) is 26.2. The van der Waals surface area contributed by atoms with Crippen LogP contribution in [0, 0.1) is 0 Å². The van der Waals surface area contributed by atoms with E-state index in [1.165, 1.54) is 4.90 Å². The summed E-state index contributed by atoms with van der Waals surface area (Å²) in [7, 11) is 0. The molecule has 4 nitrogen and oxygen atoms in total. The molecule has 122 valence electrons. The molecule has 1 unspecified atom stereocenters. The summed E-state index contributed by atoms with van der Waals surface area (Å²) in [6.07, 6.45) is 2.04. The van der Waals surface area contributed by atoms with Gasteiger partial charge in [-0.2, -0.15) is 0 Å². The van der Waals surface area contributed by atoms with Gasteiger partial charge in [0.2, 0.25) is 0 Å². The van der Waals surface area contributed by atoms with Crippen LogP contribution in [0.15, 0.2) is 67.3 Å². The Morgan fingerprint density at radius 1 is 0.958 bits per heavy atom. The first kappa shape index (κ1) is 16.1. The van der Waals surface area contributed by atoms with Gasteiger partial charge in [-0.25, -0.2) is 0 Å². The number of ether oxygens (including phenoxy) is 1. The third kappa shape index (κ3) is 3.29. The number of amides is 2. The predicted octanol–water partition coefficient (Wildman–Crippen LogP) is 3.44. The highest BCUT2D eigenvalue weighted by molar-refractivity contribution is 6.21. The fourth-order valence-electron chi connectivity index (χ4n) is 2.78. The third-order valence-corrected chi connectivity index (χ3v) is 4.02. The summed E-state index contributed by atoms with van der Waals surface area (Å²) in [5.74, 6) is -0.513. The van der Waals surface area contributed by atoms with Crippen molar-refractivity contribution in [3.63, 3.8) is 0 Å². The van der Waals surface area contributed by atoms with Gasteiger partial charge in [0.1, 0.15) is 0 Å². The molecular formula is C20H19NO3. The summed E-state index contributed by atoms with van der Waals surface area (Å²) in [6, 6.07) is 16.7. The minimum atomic E-state index is -0.273. The fraction of sp³-hybridized carbons (Fsp3) is 0.200. The number of benzene rings is 2. The van der Waals surface area contributed by atoms with Gasteiger partial charge in [0.15, 0.2) is 0 Å². The Labute approximate surface area is 141 Å². The van der Waals surface area contributed by atoms with Crippen molar-refractivity contribution < 1.29 is 14.3 Å². The molecule has 1 heterocycles. The molecule has 0 saturated heterocycles.